The molecule has 128 valence electrons. The van der Waals surface area contributed by atoms with Crippen LogP contribution >= 0.6 is 11.6 Å². The molecule has 2 aromatic carbocycles. The molecule has 25 heavy (non-hydrogen) atoms. The third-order valence-electron chi connectivity index (χ3n) is 4.11. The third-order valence-corrected chi connectivity index (χ3v) is 4.46. The van der Waals surface area contributed by atoms with Crippen molar-refractivity contribution in [3.63, 3.8) is 0 Å². The summed E-state index contributed by atoms with van der Waals surface area (Å²) in [6.07, 6.45) is 0. The van der Waals surface area contributed by atoms with E-state index < -0.39 is 11.8 Å². The lowest BCUT2D eigenvalue weighted by molar-refractivity contribution is -0.120. The Balaban J connectivity index is 1.96. The molecule has 0 fully saturated rings. The number of imide groups is 1. The minimum Gasteiger partial charge on any atom is -0.350 e. The van der Waals surface area contributed by atoms with Crippen LogP contribution in [-0.2, 0) is 9.59 Å². The molecule has 4 nitrogen and oxygen atoms in total. The molecule has 0 spiro atoms. The maximum Gasteiger partial charge on any atom is 0.283 e. The van der Waals surface area contributed by atoms with Crippen molar-refractivity contribution in [2.75, 3.05) is 10.2 Å². The third kappa shape index (κ3) is 3.17. The van der Waals surface area contributed by atoms with E-state index in [9.17, 15) is 9.59 Å². The van der Waals surface area contributed by atoms with Gasteiger partial charge in [0.2, 0.25) is 0 Å². The minimum absolute atomic E-state index is 0.0934. The van der Waals surface area contributed by atoms with Gasteiger partial charge in [-0.25, -0.2) is 4.90 Å². The first-order valence-corrected chi connectivity index (χ1v) is 8.37. The Morgan fingerprint density at radius 1 is 0.840 bits per heavy atom. The molecular formula is C20H19ClN2O2. The quantitative estimate of drug-likeness (QED) is 0.833. The Hall–Kier alpha value is -2.59. The molecule has 0 atom stereocenters. The fraction of sp³-hybridized carbons (Fsp3) is 0.200. The fourth-order valence-electron chi connectivity index (χ4n) is 3.08. The fourth-order valence-corrected chi connectivity index (χ4v) is 3.29. The van der Waals surface area contributed by atoms with Crippen molar-refractivity contribution >= 4 is 34.8 Å². The first kappa shape index (κ1) is 17.2. The number of halogens is 1. The van der Waals surface area contributed by atoms with E-state index in [0.29, 0.717) is 5.69 Å². The van der Waals surface area contributed by atoms with Gasteiger partial charge in [0.1, 0.15) is 10.7 Å². The highest BCUT2D eigenvalue weighted by Gasteiger charge is 2.39. The number of aryl methyl sites for hydroxylation is 4. The summed E-state index contributed by atoms with van der Waals surface area (Å²) in [7, 11) is 0. The number of hydrogen-bond acceptors (Lipinski definition) is 3. The predicted octanol–water partition coefficient (Wildman–Crippen LogP) is 4.36. The molecule has 1 aliphatic rings. The lowest BCUT2D eigenvalue weighted by atomic mass is 10.1. The number of hydrogen-bond donors (Lipinski definition) is 1. The largest absolute Gasteiger partial charge is 0.350 e. The average Bonchev–Trinajstić information content (AvgIpc) is 2.71. The van der Waals surface area contributed by atoms with Gasteiger partial charge in [-0.15, -0.1) is 0 Å². The molecule has 0 unspecified atom stereocenters. The molecule has 2 amide bonds. The summed E-state index contributed by atoms with van der Waals surface area (Å²) in [5.41, 5.74) is 5.41. The number of amides is 2. The molecule has 0 saturated heterocycles. The SMILES string of the molecule is Cc1cc(C)cc(NC2=C(Cl)C(=O)N(c3ccc(C)cc3C)C2=O)c1. The number of nitrogens with zero attached hydrogens (tertiary/aromatic N) is 1. The second-order valence-corrected chi connectivity index (χ2v) is 6.80. The minimum atomic E-state index is -0.509. The Kier molecular flexibility index (Phi) is 4.39. The molecule has 0 saturated carbocycles. The van der Waals surface area contributed by atoms with Crippen LogP contribution in [0.15, 0.2) is 47.1 Å². The van der Waals surface area contributed by atoms with Crippen molar-refractivity contribution in [3.05, 3.63) is 69.4 Å². The van der Waals surface area contributed by atoms with Gasteiger partial charge in [0.25, 0.3) is 11.8 Å². The highest BCUT2D eigenvalue weighted by molar-refractivity contribution is 6.53. The molecule has 0 aliphatic carbocycles. The van der Waals surface area contributed by atoms with Gasteiger partial charge in [0, 0.05) is 5.69 Å². The molecule has 1 heterocycles. The second-order valence-electron chi connectivity index (χ2n) is 6.43. The molecule has 0 bridgehead atoms. The Morgan fingerprint density at radius 2 is 1.48 bits per heavy atom. The Labute approximate surface area is 152 Å². The zero-order valence-electron chi connectivity index (χ0n) is 14.6. The highest BCUT2D eigenvalue weighted by Crippen LogP contribution is 2.32. The summed E-state index contributed by atoms with van der Waals surface area (Å²) in [6, 6.07) is 11.4. The summed E-state index contributed by atoms with van der Waals surface area (Å²) in [6.45, 7) is 7.77. The summed E-state index contributed by atoms with van der Waals surface area (Å²) in [5.74, 6) is -0.952. The van der Waals surface area contributed by atoms with E-state index in [1.807, 2.05) is 58.0 Å². The molecule has 1 aliphatic heterocycles. The van der Waals surface area contributed by atoms with Crippen LogP contribution in [0.1, 0.15) is 22.3 Å². The van der Waals surface area contributed by atoms with Crippen LogP contribution < -0.4 is 10.2 Å². The maximum atomic E-state index is 12.8. The second kappa shape index (κ2) is 6.37. The zero-order chi connectivity index (χ0) is 18.3. The van der Waals surface area contributed by atoms with Crippen molar-refractivity contribution < 1.29 is 9.59 Å². The number of anilines is 2. The predicted molar refractivity (Wildman–Crippen MR) is 101 cm³/mol. The standard InChI is InChI=1S/C20H19ClN2O2/c1-11-5-6-16(14(4)8-11)23-19(24)17(21)18(20(23)25)22-15-9-12(2)7-13(3)10-15/h5-10,22H,1-4H3. The zero-order valence-corrected chi connectivity index (χ0v) is 15.4. The topological polar surface area (TPSA) is 49.4 Å². The number of carbonyl (C=O) groups is 2. The number of rotatable bonds is 3. The van der Waals surface area contributed by atoms with Crippen molar-refractivity contribution in [3.8, 4) is 0 Å². The van der Waals surface area contributed by atoms with E-state index in [2.05, 4.69) is 5.32 Å². The summed E-state index contributed by atoms with van der Waals surface area (Å²) in [5, 5.41) is 2.93. The van der Waals surface area contributed by atoms with Crippen LogP contribution in [-0.4, -0.2) is 11.8 Å². The highest BCUT2D eigenvalue weighted by atomic mass is 35.5. The van der Waals surface area contributed by atoms with E-state index in [1.54, 1.807) is 6.07 Å². The summed E-state index contributed by atoms with van der Waals surface area (Å²) >= 11 is 6.19. The van der Waals surface area contributed by atoms with Gasteiger partial charge in [-0.1, -0.05) is 35.4 Å². The first-order chi connectivity index (χ1) is 11.8. The van der Waals surface area contributed by atoms with Crippen molar-refractivity contribution in [1.29, 1.82) is 0 Å². The molecule has 3 rings (SSSR count). The van der Waals surface area contributed by atoms with Gasteiger partial charge in [-0.3, -0.25) is 9.59 Å². The van der Waals surface area contributed by atoms with Crippen LogP contribution in [0.4, 0.5) is 11.4 Å². The normalized spacial score (nSPS) is 14.5. The lowest BCUT2D eigenvalue weighted by Gasteiger charge is -2.18. The van der Waals surface area contributed by atoms with Gasteiger partial charge in [0.15, 0.2) is 0 Å². The van der Waals surface area contributed by atoms with Gasteiger partial charge in [-0.2, -0.15) is 0 Å². The summed E-state index contributed by atoms with van der Waals surface area (Å²) in [4.78, 5) is 26.5. The van der Waals surface area contributed by atoms with Gasteiger partial charge in [0.05, 0.1) is 5.69 Å². The smallest absolute Gasteiger partial charge is 0.283 e. The van der Waals surface area contributed by atoms with Crippen LogP contribution in [0.2, 0.25) is 0 Å². The van der Waals surface area contributed by atoms with Crippen molar-refractivity contribution in [2.45, 2.75) is 27.7 Å². The van der Waals surface area contributed by atoms with Gasteiger partial charge >= 0.3 is 0 Å². The van der Waals surface area contributed by atoms with Gasteiger partial charge in [-0.05, 0) is 62.6 Å². The number of carbonyl (C=O) groups excluding carboxylic acids is 2. The first-order valence-electron chi connectivity index (χ1n) is 7.99. The molecule has 1 N–H and O–H groups in total. The van der Waals surface area contributed by atoms with E-state index in [4.69, 9.17) is 11.6 Å². The number of benzene rings is 2. The molecule has 0 aromatic heterocycles. The van der Waals surface area contributed by atoms with Crippen LogP contribution in [0.3, 0.4) is 0 Å². The van der Waals surface area contributed by atoms with E-state index in [0.717, 1.165) is 32.8 Å². The van der Waals surface area contributed by atoms with Crippen LogP contribution in [0, 0.1) is 27.7 Å². The van der Waals surface area contributed by atoms with E-state index in [-0.39, 0.29) is 10.7 Å². The van der Waals surface area contributed by atoms with E-state index >= 15 is 0 Å². The van der Waals surface area contributed by atoms with Crippen molar-refractivity contribution in [2.24, 2.45) is 0 Å². The van der Waals surface area contributed by atoms with Crippen LogP contribution in [0.25, 0.3) is 0 Å². The van der Waals surface area contributed by atoms with Crippen LogP contribution in [0.5, 0.6) is 0 Å². The van der Waals surface area contributed by atoms with Gasteiger partial charge < -0.3 is 5.32 Å². The Bertz CT molecular complexity index is 911. The molecular weight excluding hydrogens is 336 g/mol. The van der Waals surface area contributed by atoms with Crippen molar-refractivity contribution in [1.82, 2.24) is 0 Å². The monoisotopic (exact) mass is 354 g/mol. The molecule has 5 heteroatoms. The number of nitrogens with one attached hydrogen (secondary N) is 1. The molecule has 0 radical (unpaired) electrons. The average molecular weight is 355 g/mol. The van der Waals surface area contributed by atoms with E-state index in [1.165, 1.54) is 0 Å². The summed E-state index contributed by atoms with van der Waals surface area (Å²) < 4.78 is 0. The molecule has 2 aromatic rings. The maximum absolute atomic E-state index is 12.8. The Morgan fingerprint density at radius 3 is 2.08 bits per heavy atom. The lowest BCUT2D eigenvalue weighted by Crippen LogP contribution is -2.32.